The monoisotopic (exact) mass is 318 g/mol. The molecule has 2 rings (SSSR count). The van der Waals surface area contributed by atoms with Gasteiger partial charge in [-0.2, -0.15) is 8.78 Å². The zero-order valence-corrected chi connectivity index (χ0v) is 11.1. The fourth-order valence-electron chi connectivity index (χ4n) is 1.46. The number of hydrogen-bond donors (Lipinski definition) is 0. The van der Waals surface area contributed by atoms with Crippen molar-refractivity contribution in [3.63, 3.8) is 0 Å². The molecule has 2 nitrogen and oxygen atoms in total. The first-order valence-corrected chi connectivity index (χ1v) is 6.58. The molecule has 0 aliphatic rings. The smallest absolute Gasteiger partial charge is 0.261 e. The van der Waals surface area contributed by atoms with Crippen LogP contribution in [0.2, 0.25) is 0 Å². The number of rotatable bonds is 4. The van der Waals surface area contributed by atoms with E-state index >= 15 is 0 Å². The lowest BCUT2D eigenvalue weighted by atomic mass is 10.3. The summed E-state index contributed by atoms with van der Waals surface area (Å²) in [6.07, 6.45) is 0. The number of alkyl halides is 2. The number of halogens is 3. The SMILES string of the molecule is C=C(Br)CSc1nc2ccccc2n1C(F)F. The Hall–Kier alpha value is -0.880. The Bertz CT molecular complexity index is 553. The van der Waals surface area contributed by atoms with Crippen LogP contribution in [-0.4, -0.2) is 15.3 Å². The number of imidazole rings is 1. The van der Waals surface area contributed by atoms with Gasteiger partial charge in [-0.05, 0) is 16.6 Å². The predicted molar refractivity (Wildman–Crippen MR) is 69.8 cm³/mol. The van der Waals surface area contributed by atoms with Crippen molar-refractivity contribution in [3.8, 4) is 0 Å². The first-order chi connectivity index (χ1) is 8.09. The molecule has 0 unspecified atom stereocenters. The number of hydrogen-bond acceptors (Lipinski definition) is 2. The molecule has 0 amide bonds. The van der Waals surface area contributed by atoms with E-state index in [1.54, 1.807) is 24.3 Å². The van der Waals surface area contributed by atoms with Crippen molar-refractivity contribution in [2.24, 2.45) is 0 Å². The molecule has 1 aromatic heterocycles. The highest BCUT2D eigenvalue weighted by Gasteiger charge is 2.17. The van der Waals surface area contributed by atoms with Gasteiger partial charge in [0.15, 0.2) is 5.16 Å². The van der Waals surface area contributed by atoms with Gasteiger partial charge in [0, 0.05) is 5.75 Å². The van der Waals surface area contributed by atoms with E-state index < -0.39 is 6.55 Å². The van der Waals surface area contributed by atoms with Crippen molar-refractivity contribution in [3.05, 3.63) is 35.3 Å². The predicted octanol–water partition coefficient (Wildman–Crippen LogP) is 4.43. The van der Waals surface area contributed by atoms with Gasteiger partial charge in [-0.15, -0.1) is 0 Å². The maximum absolute atomic E-state index is 13.0. The average molecular weight is 319 g/mol. The van der Waals surface area contributed by atoms with Gasteiger partial charge >= 0.3 is 6.55 Å². The summed E-state index contributed by atoms with van der Waals surface area (Å²) < 4.78 is 27.7. The number of thioether (sulfide) groups is 1. The fraction of sp³-hybridized carbons (Fsp3) is 0.182. The van der Waals surface area contributed by atoms with Crippen LogP contribution in [-0.2, 0) is 0 Å². The Morgan fingerprint density at radius 1 is 1.47 bits per heavy atom. The molecule has 1 heterocycles. The summed E-state index contributed by atoms with van der Waals surface area (Å²) in [7, 11) is 0. The van der Waals surface area contributed by atoms with Crippen LogP contribution in [0.5, 0.6) is 0 Å². The zero-order valence-electron chi connectivity index (χ0n) is 8.74. The summed E-state index contributed by atoms with van der Waals surface area (Å²) in [4.78, 5) is 4.19. The lowest BCUT2D eigenvalue weighted by molar-refractivity contribution is 0.0656. The van der Waals surface area contributed by atoms with Gasteiger partial charge in [0.05, 0.1) is 11.0 Å². The summed E-state index contributed by atoms with van der Waals surface area (Å²) in [6, 6.07) is 6.87. The fourth-order valence-corrected chi connectivity index (χ4v) is 2.56. The summed E-state index contributed by atoms with van der Waals surface area (Å²) in [5.74, 6) is 0.510. The molecular weight excluding hydrogens is 310 g/mol. The first-order valence-electron chi connectivity index (χ1n) is 4.81. The lowest BCUT2D eigenvalue weighted by Crippen LogP contribution is -2.00. The molecule has 0 N–H and O–H groups in total. The van der Waals surface area contributed by atoms with Crippen molar-refractivity contribution in [1.82, 2.24) is 9.55 Å². The second-order valence-corrected chi connectivity index (χ2v) is 5.40. The Morgan fingerprint density at radius 3 is 2.82 bits per heavy atom. The summed E-state index contributed by atoms with van der Waals surface area (Å²) >= 11 is 4.43. The van der Waals surface area contributed by atoms with E-state index in [1.807, 2.05) is 0 Å². The normalized spacial score (nSPS) is 11.3. The van der Waals surface area contributed by atoms with Crippen LogP contribution in [0.1, 0.15) is 6.55 Å². The number of fused-ring (bicyclic) bond motifs is 1. The van der Waals surface area contributed by atoms with E-state index in [4.69, 9.17) is 0 Å². The standard InChI is InChI=1S/C11H9BrF2N2S/c1-7(12)6-17-11-15-8-4-2-3-5-9(8)16(11)10(13)14/h2-5,10H,1,6H2. The number of para-hydroxylation sites is 2. The van der Waals surface area contributed by atoms with Crippen LogP contribution < -0.4 is 0 Å². The summed E-state index contributed by atoms with van der Waals surface area (Å²) in [5, 5.41) is 0.307. The number of nitrogens with zero attached hydrogens (tertiary/aromatic N) is 2. The molecule has 0 fully saturated rings. The molecular formula is C11H9BrF2N2S. The van der Waals surface area contributed by atoms with Gasteiger partial charge in [-0.1, -0.05) is 46.4 Å². The third kappa shape index (κ3) is 2.69. The third-order valence-electron chi connectivity index (χ3n) is 2.12. The van der Waals surface area contributed by atoms with Crippen LogP contribution >= 0.6 is 27.7 Å². The molecule has 0 radical (unpaired) electrons. The Kier molecular flexibility index (Phi) is 3.83. The van der Waals surface area contributed by atoms with Crippen LogP contribution in [0.25, 0.3) is 11.0 Å². The van der Waals surface area contributed by atoms with Crippen LogP contribution in [0, 0.1) is 0 Å². The van der Waals surface area contributed by atoms with Crippen molar-refractivity contribution in [2.75, 3.05) is 5.75 Å². The Morgan fingerprint density at radius 2 is 2.18 bits per heavy atom. The minimum absolute atomic E-state index is 0.307. The molecule has 0 saturated carbocycles. The highest BCUT2D eigenvalue weighted by Crippen LogP contribution is 2.30. The van der Waals surface area contributed by atoms with E-state index in [0.29, 0.717) is 21.9 Å². The molecule has 0 spiro atoms. The maximum atomic E-state index is 13.0. The molecule has 2 aromatic rings. The third-order valence-corrected chi connectivity index (χ3v) is 3.81. The van der Waals surface area contributed by atoms with E-state index in [0.717, 1.165) is 9.05 Å². The minimum Gasteiger partial charge on any atom is -0.261 e. The van der Waals surface area contributed by atoms with E-state index in [9.17, 15) is 8.78 Å². The summed E-state index contributed by atoms with van der Waals surface area (Å²) in [5.41, 5.74) is 1.03. The second kappa shape index (κ2) is 5.18. The molecule has 17 heavy (non-hydrogen) atoms. The average Bonchev–Trinajstić information content (AvgIpc) is 2.64. The molecule has 0 aliphatic carbocycles. The van der Waals surface area contributed by atoms with Crippen molar-refractivity contribution < 1.29 is 8.78 Å². The second-order valence-electron chi connectivity index (χ2n) is 3.34. The highest BCUT2D eigenvalue weighted by atomic mass is 79.9. The van der Waals surface area contributed by atoms with E-state index in [1.165, 1.54) is 11.8 Å². The van der Waals surface area contributed by atoms with Gasteiger partial charge in [0.2, 0.25) is 0 Å². The molecule has 0 aliphatic heterocycles. The highest BCUT2D eigenvalue weighted by molar-refractivity contribution is 9.11. The van der Waals surface area contributed by atoms with Gasteiger partial charge in [-0.25, -0.2) is 4.98 Å². The zero-order chi connectivity index (χ0) is 12.4. The van der Waals surface area contributed by atoms with Crippen molar-refractivity contribution in [1.29, 1.82) is 0 Å². The van der Waals surface area contributed by atoms with E-state index in [-0.39, 0.29) is 0 Å². The lowest BCUT2D eigenvalue weighted by Gasteiger charge is -2.06. The number of benzene rings is 1. The largest absolute Gasteiger partial charge is 0.321 e. The van der Waals surface area contributed by atoms with Crippen LogP contribution in [0.4, 0.5) is 8.78 Å². The van der Waals surface area contributed by atoms with Crippen molar-refractivity contribution >= 4 is 38.7 Å². The van der Waals surface area contributed by atoms with Crippen LogP contribution in [0.15, 0.2) is 40.5 Å². The molecule has 0 bridgehead atoms. The molecule has 6 heteroatoms. The number of aromatic nitrogens is 2. The molecule has 0 saturated heterocycles. The summed E-state index contributed by atoms with van der Waals surface area (Å²) in [6.45, 7) is 1.08. The quantitative estimate of drug-likeness (QED) is 0.776. The Balaban J connectivity index is 2.46. The molecule has 90 valence electrons. The van der Waals surface area contributed by atoms with Gasteiger partial charge < -0.3 is 0 Å². The van der Waals surface area contributed by atoms with Crippen LogP contribution in [0.3, 0.4) is 0 Å². The van der Waals surface area contributed by atoms with Gasteiger partial charge in [0.1, 0.15) is 0 Å². The maximum Gasteiger partial charge on any atom is 0.321 e. The van der Waals surface area contributed by atoms with E-state index in [2.05, 4.69) is 27.5 Å². The van der Waals surface area contributed by atoms with Crippen molar-refractivity contribution in [2.45, 2.75) is 11.7 Å². The molecule has 0 atom stereocenters. The Labute approximate surface area is 110 Å². The van der Waals surface area contributed by atoms with Gasteiger partial charge in [-0.3, -0.25) is 4.57 Å². The van der Waals surface area contributed by atoms with Gasteiger partial charge in [0.25, 0.3) is 0 Å². The topological polar surface area (TPSA) is 17.8 Å². The first kappa shape index (κ1) is 12.6. The molecule has 1 aromatic carbocycles. The minimum atomic E-state index is -2.59.